The van der Waals surface area contributed by atoms with Crippen LogP contribution in [0.25, 0.3) is 0 Å². The van der Waals surface area contributed by atoms with E-state index in [4.69, 9.17) is 0 Å². The van der Waals surface area contributed by atoms with Gasteiger partial charge in [0.1, 0.15) is 7.28 Å². The Labute approximate surface area is 213 Å². The molecular weight excluding hydrogens is 395 g/mol. The Morgan fingerprint density at radius 2 is 0.879 bits per heavy atom. The van der Waals surface area contributed by atoms with Gasteiger partial charge >= 0.3 is 0 Å². The molecule has 0 fully saturated rings. The molecule has 198 valence electrons. The highest BCUT2D eigenvalue weighted by atomic mass is 14.4. The summed E-state index contributed by atoms with van der Waals surface area (Å²) in [6.07, 6.45) is 31.6. The van der Waals surface area contributed by atoms with Gasteiger partial charge in [-0.25, -0.2) is 0 Å². The summed E-state index contributed by atoms with van der Waals surface area (Å²) >= 11 is 0. The second-order valence-electron chi connectivity index (χ2n) is 12.4. The lowest BCUT2D eigenvalue weighted by Gasteiger charge is -2.44. The lowest BCUT2D eigenvalue weighted by Crippen LogP contribution is -2.33. The molecule has 0 aliphatic heterocycles. The van der Waals surface area contributed by atoms with E-state index < -0.39 is 0 Å². The monoisotopic (exact) mass is 463 g/mol. The van der Waals surface area contributed by atoms with Crippen LogP contribution in [0.5, 0.6) is 0 Å². The Morgan fingerprint density at radius 3 is 1.21 bits per heavy atom. The second kappa shape index (κ2) is 21.4. The van der Waals surface area contributed by atoms with E-state index in [0.29, 0.717) is 10.8 Å². The van der Waals surface area contributed by atoms with Gasteiger partial charge in [0.05, 0.1) is 0 Å². The first-order valence-corrected chi connectivity index (χ1v) is 15.9. The van der Waals surface area contributed by atoms with Crippen molar-refractivity contribution >= 4 is 7.28 Å². The molecular formula is C32H67B. The van der Waals surface area contributed by atoms with Crippen molar-refractivity contribution in [3.63, 3.8) is 0 Å². The fourth-order valence-electron chi connectivity index (χ4n) is 6.37. The summed E-state index contributed by atoms with van der Waals surface area (Å²) in [4.78, 5) is 0. The predicted molar refractivity (Wildman–Crippen MR) is 157 cm³/mol. The maximum absolute atomic E-state index is 2.72. The summed E-state index contributed by atoms with van der Waals surface area (Å²) in [7, 11) is 1.37. The van der Waals surface area contributed by atoms with Crippen LogP contribution < -0.4 is 0 Å². The molecule has 1 atom stereocenters. The van der Waals surface area contributed by atoms with Crippen molar-refractivity contribution < 1.29 is 0 Å². The Bertz CT molecular complexity index is 377. The molecule has 0 nitrogen and oxygen atoms in total. The van der Waals surface area contributed by atoms with E-state index in [1.54, 1.807) is 0 Å². The summed E-state index contributed by atoms with van der Waals surface area (Å²) in [6.45, 7) is 17.3. The third-order valence-electron chi connectivity index (χ3n) is 8.83. The number of hydrogen-bond acceptors (Lipinski definition) is 0. The van der Waals surface area contributed by atoms with Crippen molar-refractivity contribution in [2.75, 3.05) is 0 Å². The van der Waals surface area contributed by atoms with E-state index in [0.717, 1.165) is 5.92 Å². The van der Waals surface area contributed by atoms with Crippen molar-refractivity contribution in [2.24, 2.45) is 16.7 Å². The van der Waals surface area contributed by atoms with E-state index in [1.165, 1.54) is 148 Å². The van der Waals surface area contributed by atoms with Gasteiger partial charge in [0.25, 0.3) is 0 Å². The van der Waals surface area contributed by atoms with E-state index in [1.807, 2.05) is 0 Å². The van der Waals surface area contributed by atoms with Gasteiger partial charge in [-0.2, -0.15) is 0 Å². The minimum Gasteiger partial charge on any atom is -0.0893 e. The van der Waals surface area contributed by atoms with Crippen molar-refractivity contribution in [3.8, 4) is 0 Å². The lowest BCUT2D eigenvalue weighted by atomic mass is 9.56. The van der Waals surface area contributed by atoms with Gasteiger partial charge in [-0.1, -0.05) is 157 Å². The van der Waals surface area contributed by atoms with E-state index in [-0.39, 0.29) is 0 Å². The maximum atomic E-state index is 2.72. The van der Waals surface area contributed by atoms with Crippen LogP contribution in [-0.2, 0) is 0 Å². The molecule has 0 aromatic carbocycles. The minimum atomic E-state index is 0.561. The average molecular weight is 463 g/mol. The Morgan fingerprint density at radius 1 is 0.515 bits per heavy atom. The van der Waals surface area contributed by atoms with Crippen LogP contribution in [0.1, 0.15) is 176 Å². The molecule has 0 aromatic heterocycles. The molecule has 0 aliphatic rings. The molecule has 0 saturated carbocycles. The zero-order valence-electron chi connectivity index (χ0n) is 24.8. The molecule has 0 aliphatic carbocycles. The van der Waals surface area contributed by atoms with Crippen molar-refractivity contribution in [1.82, 2.24) is 0 Å². The van der Waals surface area contributed by atoms with Crippen molar-refractivity contribution in [2.45, 2.75) is 190 Å². The minimum absolute atomic E-state index is 0.561. The first-order chi connectivity index (χ1) is 15.9. The molecule has 0 rings (SSSR count). The second-order valence-corrected chi connectivity index (χ2v) is 12.4. The van der Waals surface area contributed by atoms with Gasteiger partial charge in [0, 0.05) is 0 Å². The first-order valence-electron chi connectivity index (χ1n) is 15.9. The third kappa shape index (κ3) is 16.4. The number of unbranched alkanes of at least 4 members (excludes halogenated alkanes) is 12. The Balaban J connectivity index is 5.42. The SMILES string of the molecule is CBC[C@H](CC(C)(CCCCCC)CCCCCC)C(C)(CCCCCC)CCCCCC. The quantitative estimate of drug-likeness (QED) is 0.0934. The standard InChI is InChI=1S/C32H67B/c1-8-12-16-20-24-31(5,25-21-17-13-9-2)28-30(29-33-7)32(6,26-22-18-14-10-3)27-23-19-15-11-4/h30,33H,8-29H2,1-7H3/t30-/m0/s1. The summed E-state index contributed by atoms with van der Waals surface area (Å²) in [5, 5.41) is 0. The zero-order chi connectivity index (χ0) is 24.8. The third-order valence-corrected chi connectivity index (χ3v) is 8.83. The molecule has 0 bridgehead atoms. The van der Waals surface area contributed by atoms with E-state index >= 15 is 0 Å². The van der Waals surface area contributed by atoms with Gasteiger partial charge in [-0.3, -0.25) is 0 Å². The number of hydrogen-bond donors (Lipinski definition) is 0. The zero-order valence-corrected chi connectivity index (χ0v) is 24.8. The predicted octanol–water partition coefficient (Wildman–Crippen LogP) is 11.8. The van der Waals surface area contributed by atoms with Gasteiger partial charge in [0.2, 0.25) is 0 Å². The van der Waals surface area contributed by atoms with Gasteiger partial charge in [-0.05, 0) is 48.9 Å². The van der Waals surface area contributed by atoms with Gasteiger partial charge < -0.3 is 0 Å². The molecule has 0 spiro atoms. The highest BCUT2D eigenvalue weighted by molar-refractivity contribution is 6.33. The Hall–Kier alpha value is 0.0649. The molecule has 0 heterocycles. The molecule has 0 amide bonds. The lowest BCUT2D eigenvalue weighted by molar-refractivity contribution is 0.0879. The average Bonchev–Trinajstić information content (AvgIpc) is 2.80. The van der Waals surface area contributed by atoms with Crippen LogP contribution >= 0.6 is 0 Å². The van der Waals surface area contributed by atoms with Gasteiger partial charge in [0.15, 0.2) is 0 Å². The van der Waals surface area contributed by atoms with Crippen LogP contribution in [0, 0.1) is 16.7 Å². The van der Waals surface area contributed by atoms with Crippen LogP contribution in [-0.4, -0.2) is 7.28 Å². The van der Waals surface area contributed by atoms with E-state index in [2.05, 4.69) is 48.4 Å². The fourth-order valence-corrected chi connectivity index (χ4v) is 6.37. The molecule has 33 heavy (non-hydrogen) atoms. The molecule has 0 aromatic rings. The first kappa shape index (κ1) is 33.1. The Kier molecular flexibility index (Phi) is 21.4. The molecule has 0 unspecified atom stereocenters. The highest BCUT2D eigenvalue weighted by Gasteiger charge is 2.37. The summed E-state index contributed by atoms with van der Waals surface area (Å²) in [5.41, 5.74) is 1.13. The topological polar surface area (TPSA) is 0 Å². The van der Waals surface area contributed by atoms with Crippen LogP contribution in [0.4, 0.5) is 0 Å². The summed E-state index contributed by atoms with van der Waals surface area (Å²) < 4.78 is 0. The highest BCUT2D eigenvalue weighted by Crippen LogP contribution is 2.49. The molecule has 0 N–H and O–H groups in total. The largest absolute Gasteiger partial charge is 0.117 e. The van der Waals surface area contributed by atoms with Crippen molar-refractivity contribution in [3.05, 3.63) is 0 Å². The maximum Gasteiger partial charge on any atom is 0.117 e. The molecule has 1 heteroatoms. The van der Waals surface area contributed by atoms with Crippen LogP contribution in [0.2, 0.25) is 13.1 Å². The van der Waals surface area contributed by atoms with Crippen LogP contribution in [0.3, 0.4) is 0 Å². The smallest absolute Gasteiger partial charge is 0.0893 e. The fraction of sp³-hybridized carbons (Fsp3) is 1.00. The van der Waals surface area contributed by atoms with E-state index in [9.17, 15) is 0 Å². The normalized spacial score (nSPS) is 13.4. The summed E-state index contributed by atoms with van der Waals surface area (Å²) in [5.74, 6) is 0.924. The molecule has 0 saturated heterocycles. The summed E-state index contributed by atoms with van der Waals surface area (Å²) in [6, 6.07) is 0. The van der Waals surface area contributed by atoms with Gasteiger partial charge in [-0.15, -0.1) is 0 Å². The molecule has 0 radical (unpaired) electrons. The number of rotatable bonds is 25. The van der Waals surface area contributed by atoms with Crippen molar-refractivity contribution in [1.29, 1.82) is 0 Å². The van der Waals surface area contributed by atoms with Crippen LogP contribution in [0.15, 0.2) is 0 Å².